The van der Waals surface area contributed by atoms with Crippen LogP contribution in [0.2, 0.25) is 0 Å². The molecule has 0 atom stereocenters. The minimum atomic E-state index is 0.837. The van der Waals surface area contributed by atoms with Crippen LogP contribution in [0.4, 0.5) is 0 Å². The Morgan fingerprint density at radius 3 is 1.65 bits per heavy atom. The molecule has 17 heavy (non-hydrogen) atoms. The van der Waals surface area contributed by atoms with Crippen molar-refractivity contribution < 1.29 is 0 Å². The Morgan fingerprint density at radius 1 is 0.647 bits per heavy atom. The van der Waals surface area contributed by atoms with Gasteiger partial charge in [0, 0.05) is 12.8 Å². The molecule has 0 unspecified atom stereocenters. The van der Waals surface area contributed by atoms with Gasteiger partial charge in [-0.15, -0.1) is 11.8 Å². The van der Waals surface area contributed by atoms with Gasteiger partial charge in [0.05, 0.1) is 0 Å². The number of hydrogen-bond acceptors (Lipinski definition) is 1. The molecule has 0 bridgehead atoms. The lowest BCUT2D eigenvalue weighted by molar-refractivity contribution is 0.613. The first kappa shape index (κ1) is 16.5. The molecule has 1 nitrogen and oxygen atoms in total. The van der Waals surface area contributed by atoms with Crippen molar-refractivity contribution in [3.8, 4) is 11.8 Å². The maximum atomic E-state index is 5.44. The average molecular weight is 237 g/mol. The molecule has 0 aromatic rings. The van der Waals surface area contributed by atoms with Crippen molar-refractivity contribution in [2.75, 3.05) is 6.54 Å². The Morgan fingerprint density at radius 2 is 1.12 bits per heavy atom. The van der Waals surface area contributed by atoms with Gasteiger partial charge in [0.1, 0.15) is 0 Å². The van der Waals surface area contributed by atoms with Gasteiger partial charge in [-0.05, 0) is 25.8 Å². The summed E-state index contributed by atoms with van der Waals surface area (Å²) in [6.45, 7) is 3.10. The molecule has 0 radical (unpaired) electrons. The van der Waals surface area contributed by atoms with Crippen LogP contribution >= 0.6 is 0 Å². The van der Waals surface area contributed by atoms with Gasteiger partial charge in [0.25, 0.3) is 0 Å². The van der Waals surface area contributed by atoms with Gasteiger partial charge in [-0.25, -0.2) is 0 Å². The van der Waals surface area contributed by atoms with Gasteiger partial charge >= 0.3 is 0 Å². The summed E-state index contributed by atoms with van der Waals surface area (Å²) < 4.78 is 0. The second kappa shape index (κ2) is 15.5. The van der Waals surface area contributed by atoms with Crippen LogP contribution in [0.5, 0.6) is 0 Å². The quantitative estimate of drug-likeness (QED) is 0.411. The van der Waals surface area contributed by atoms with Gasteiger partial charge in [0.15, 0.2) is 0 Å². The molecule has 0 saturated carbocycles. The molecule has 0 aromatic carbocycles. The van der Waals surface area contributed by atoms with E-state index in [1.807, 2.05) is 0 Å². The van der Waals surface area contributed by atoms with E-state index < -0.39 is 0 Å². The second-order valence-corrected chi connectivity index (χ2v) is 4.82. The van der Waals surface area contributed by atoms with Crippen LogP contribution in [0.3, 0.4) is 0 Å². The zero-order chi connectivity index (χ0) is 12.6. The zero-order valence-corrected chi connectivity index (χ0v) is 11.8. The number of rotatable bonds is 11. The molecule has 2 N–H and O–H groups in total. The molecule has 100 valence electrons. The fourth-order valence-corrected chi connectivity index (χ4v) is 1.88. The van der Waals surface area contributed by atoms with Crippen LogP contribution < -0.4 is 5.73 Å². The van der Waals surface area contributed by atoms with Crippen LogP contribution in [0.1, 0.15) is 84.0 Å². The van der Waals surface area contributed by atoms with Crippen LogP contribution in [0.25, 0.3) is 0 Å². The van der Waals surface area contributed by atoms with Crippen LogP contribution in [0, 0.1) is 11.8 Å². The van der Waals surface area contributed by atoms with Crippen molar-refractivity contribution in [1.82, 2.24) is 0 Å². The minimum Gasteiger partial charge on any atom is -0.330 e. The van der Waals surface area contributed by atoms with E-state index in [9.17, 15) is 0 Å². The highest BCUT2D eigenvalue weighted by Crippen LogP contribution is 2.06. The van der Waals surface area contributed by atoms with E-state index in [1.165, 1.54) is 64.2 Å². The normalized spacial score (nSPS) is 10.0. The lowest BCUT2D eigenvalue weighted by Gasteiger charge is -1.96. The van der Waals surface area contributed by atoms with E-state index in [-0.39, 0.29) is 0 Å². The third kappa shape index (κ3) is 15.5. The maximum Gasteiger partial charge on any atom is 0.00886 e. The highest BCUT2D eigenvalue weighted by molar-refractivity contribution is 4.98. The van der Waals surface area contributed by atoms with Crippen molar-refractivity contribution in [2.45, 2.75) is 84.0 Å². The first-order valence-corrected chi connectivity index (χ1v) is 7.57. The first-order chi connectivity index (χ1) is 8.41. The fourth-order valence-electron chi connectivity index (χ4n) is 1.88. The van der Waals surface area contributed by atoms with Gasteiger partial charge in [-0.1, -0.05) is 51.9 Å². The summed E-state index contributed by atoms with van der Waals surface area (Å²) in [7, 11) is 0. The third-order valence-corrected chi connectivity index (χ3v) is 3.04. The first-order valence-electron chi connectivity index (χ1n) is 7.57. The van der Waals surface area contributed by atoms with E-state index in [1.54, 1.807) is 0 Å². The molecular formula is C16H31N. The average Bonchev–Trinajstić information content (AvgIpc) is 2.35. The number of unbranched alkanes of at least 4 members (excludes halogenated alkanes) is 10. The van der Waals surface area contributed by atoms with Gasteiger partial charge in [-0.2, -0.15) is 0 Å². The lowest BCUT2D eigenvalue weighted by atomic mass is 10.1. The molecule has 0 aliphatic heterocycles. The smallest absolute Gasteiger partial charge is 0.00886 e. The summed E-state index contributed by atoms with van der Waals surface area (Å²) in [5, 5.41) is 0. The summed E-state index contributed by atoms with van der Waals surface area (Å²) in [4.78, 5) is 0. The van der Waals surface area contributed by atoms with E-state index >= 15 is 0 Å². The van der Waals surface area contributed by atoms with Crippen molar-refractivity contribution >= 4 is 0 Å². The van der Waals surface area contributed by atoms with Crippen molar-refractivity contribution in [3.63, 3.8) is 0 Å². The van der Waals surface area contributed by atoms with E-state index in [0.29, 0.717) is 0 Å². The third-order valence-electron chi connectivity index (χ3n) is 3.04. The second-order valence-electron chi connectivity index (χ2n) is 4.82. The van der Waals surface area contributed by atoms with Crippen LogP contribution in [0.15, 0.2) is 0 Å². The van der Waals surface area contributed by atoms with E-state index in [2.05, 4.69) is 18.8 Å². The van der Waals surface area contributed by atoms with Gasteiger partial charge < -0.3 is 5.73 Å². The monoisotopic (exact) mass is 237 g/mol. The summed E-state index contributed by atoms with van der Waals surface area (Å²) in [6, 6.07) is 0. The Kier molecular flexibility index (Phi) is 15.1. The number of nitrogens with two attached hydrogens (primary N) is 1. The van der Waals surface area contributed by atoms with E-state index in [0.717, 1.165) is 19.4 Å². The molecule has 0 aliphatic rings. The molecule has 0 rings (SSSR count). The highest BCUT2D eigenvalue weighted by atomic mass is 14.5. The summed E-state index contributed by atoms with van der Waals surface area (Å²) >= 11 is 0. The Balaban J connectivity index is 3.04. The molecule has 0 aromatic heterocycles. The molecular weight excluding hydrogens is 206 g/mol. The fraction of sp³-hybridized carbons (Fsp3) is 0.875. The van der Waals surface area contributed by atoms with Crippen LogP contribution in [-0.4, -0.2) is 6.54 Å². The van der Waals surface area contributed by atoms with Crippen molar-refractivity contribution in [3.05, 3.63) is 0 Å². The predicted molar refractivity (Wildman–Crippen MR) is 77.9 cm³/mol. The minimum absolute atomic E-state index is 0.837. The Hall–Kier alpha value is -0.480. The summed E-state index contributed by atoms with van der Waals surface area (Å²) in [5.74, 6) is 6.58. The topological polar surface area (TPSA) is 26.0 Å². The predicted octanol–water partition coefficient (Wildman–Crippen LogP) is 4.65. The van der Waals surface area contributed by atoms with Crippen LogP contribution in [-0.2, 0) is 0 Å². The van der Waals surface area contributed by atoms with E-state index in [4.69, 9.17) is 5.73 Å². The molecule has 0 fully saturated rings. The highest BCUT2D eigenvalue weighted by Gasteiger charge is 1.88. The summed E-state index contributed by atoms with van der Waals surface area (Å²) in [5.41, 5.74) is 5.44. The summed E-state index contributed by atoms with van der Waals surface area (Å²) in [6.07, 6.45) is 15.4. The molecule has 0 aliphatic carbocycles. The maximum absolute atomic E-state index is 5.44. The SMILES string of the molecule is CCCCCCCCC#CCCCCCCN. The molecule has 0 spiro atoms. The van der Waals surface area contributed by atoms with Crippen molar-refractivity contribution in [1.29, 1.82) is 0 Å². The lowest BCUT2D eigenvalue weighted by Crippen LogP contribution is -1.97. The van der Waals surface area contributed by atoms with Crippen molar-refractivity contribution in [2.24, 2.45) is 5.73 Å². The molecule has 0 amide bonds. The Bertz CT molecular complexity index is 187. The largest absolute Gasteiger partial charge is 0.330 e. The Labute approximate surface area is 109 Å². The van der Waals surface area contributed by atoms with Gasteiger partial charge in [0.2, 0.25) is 0 Å². The van der Waals surface area contributed by atoms with Gasteiger partial charge in [-0.3, -0.25) is 0 Å². The number of hydrogen-bond donors (Lipinski definition) is 1. The molecule has 0 saturated heterocycles. The molecule has 1 heteroatoms. The molecule has 0 heterocycles. The standard InChI is InChI=1S/C16H31N/c1-2-3-4-5-6-7-8-9-10-11-12-13-14-15-16-17/h2-8,11-17H2,1H3. The zero-order valence-electron chi connectivity index (χ0n) is 11.8.